The van der Waals surface area contributed by atoms with Crippen LogP contribution in [0.5, 0.6) is 0 Å². The first-order valence-corrected chi connectivity index (χ1v) is 9.78. The van der Waals surface area contributed by atoms with Crippen LogP contribution in [-0.2, 0) is 16.1 Å². The van der Waals surface area contributed by atoms with Crippen LogP contribution in [0.1, 0.15) is 50.3 Å². The number of hydrogen-bond donors (Lipinski definition) is 0. The Labute approximate surface area is 162 Å². The van der Waals surface area contributed by atoms with Crippen molar-refractivity contribution < 1.29 is 14.3 Å². The van der Waals surface area contributed by atoms with E-state index >= 15 is 0 Å². The molecule has 3 rings (SSSR count). The molecule has 0 aliphatic carbocycles. The standard InChI is InChI=1S/C23H29NO3/c1-5-19-21(6-2)27-15-18-14-16(4)8-9-20(18)22(19)17-10-12-24(13-11-17)23(25)26-7-3/h5-6,8-9,14H,7,10-13,15H2,1-4H3/b19-5+,21-6+. The molecular formula is C23H29NO3. The summed E-state index contributed by atoms with van der Waals surface area (Å²) in [7, 11) is 0. The van der Waals surface area contributed by atoms with Crippen molar-refractivity contribution in [3.05, 3.63) is 63.9 Å². The molecule has 4 nitrogen and oxygen atoms in total. The number of benzene rings is 1. The molecule has 4 heteroatoms. The lowest BCUT2D eigenvalue weighted by Gasteiger charge is -2.30. The van der Waals surface area contributed by atoms with Crippen LogP contribution in [0.25, 0.3) is 5.57 Å². The van der Waals surface area contributed by atoms with E-state index in [-0.39, 0.29) is 6.09 Å². The molecule has 1 aromatic rings. The second-order valence-electron chi connectivity index (χ2n) is 6.97. The molecule has 2 aliphatic rings. The number of allylic oxidation sites excluding steroid dienone is 3. The highest BCUT2D eigenvalue weighted by Crippen LogP contribution is 2.40. The number of hydrogen-bond acceptors (Lipinski definition) is 3. The zero-order valence-corrected chi connectivity index (χ0v) is 16.8. The number of nitrogens with zero attached hydrogens (tertiary/aromatic N) is 1. The Bertz CT molecular complexity index is 807. The minimum atomic E-state index is -0.206. The predicted molar refractivity (Wildman–Crippen MR) is 108 cm³/mol. The molecule has 1 saturated heterocycles. The third kappa shape index (κ3) is 3.95. The van der Waals surface area contributed by atoms with Gasteiger partial charge in [-0.15, -0.1) is 0 Å². The second kappa shape index (κ2) is 8.47. The molecule has 0 bridgehead atoms. The number of likely N-dealkylation sites (tertiary alicyclic amines) is 1. The Balaban J connectivity index is 2.02. The molecule has 1 aromatic carbocycles. The van der Waals surface area contributed by atoms with E-state index in [0.29, 0.717) is 26.3 Å². The number of fused-ring (bicyclic) bond motifs is 1. The van der Waals surface area contributed by atoms with Crippen LogP contribution < -0.4 is 0 Å². The van der Waals surface area contributed by atoms with Crippen molar-refractivity contribution >= 4 is 11.7 Å². The first-order valence-electron chi connectivity index (χ1n) is 9.78. The molecule has 1 fully saturated rings. The minimum absolute atomic E-state index is 0.206. The summed E-state index contributed by atoms with van der Waals surface area (Å²) in [5.41, 5.74) is 7.54. The SMILES string of the molecule is C/C=C1/C(=C2CCN(C(=O)OCC)CC2)c2ccc(C)cc2CO/C1=C/C. The molecule has 0 aromatic heterocycles. The molecule has 0 radical (unpaired) electrons. The summed E-state index contributed by atoms with van der Waals surface area (Å²) in [5.74, 6) is 0.932. The highest BCUT2D eigenvalue weighted by molar-refractivity contribution is 5.87. The third-order valence-electron chi connectivity index (χ3n) is 5.25. The molecule has 0 atom stereocenters. The van der Waals surface area contributed by atoms with Gasteiger partial charge in [0.15, 0.2) is 0 Å². The van der Waals surface area contributed by atoms with Gasteiger partial charge in [0.05, 0.1) is 6.61 Å². The third-order valence-corrected chi connectivity index (χ3v) is 5.25. The van der Waals surface area contributed by atoms with Gasteiger partial charge in [0, 0.05) is 18.7 Å². The van der Waals surface area contributed by atoms with Gasteiger partial charge in [0.1, 0.15) is 12.4 Å². The molecule has 2 heterocycles. The van der Waals surface area contributed by atoms with Crippen molar-refractivity contribution in [2.75, 3.05) is 19.7 Å². The van der Waals surface area contributed by atoms with Gasteiger partial charge in [0.25, 0.3) is 0 Å². The summed E-state index contributed by atoms with van der Waals surface area (Å²) in [5, 5.41) is 0. The van der Waals surface area contributed by atoms with Crippen molar-refractivity contribution in [3.8, 4) is 0 Å². The highest BCUT2D eigenvalue weighted by Gasteiger charge is 2.27. The lowest BCUT2D eigenvalue weighted by Crippen LogP contribution is -2.37. The van der Waals surface area contributed by atoms with Crippen LogP contribution in [0.15, 0.2) is 47.3 Å². The Morgan fingerprint density at radius 2 is 1.96 bits per heavy atom. The van der Waals surface area contributed by atoms with E-state index in [2.05, 4.69) is 38.1 Å². The van der Waals surface area contributed by atoms with E-state index in [9.17, 15) is 4.79 Å². The van der Waals surface area contributed by atoms with Gasteiger partial charge in [-0.25, -0.2) is 4.79 Å². The predicted octanol–water partition coefficient (Wildman–Crippen LogP) is 5.38. The van der Waals surface area contributed by atoms with E-state index in [1.807, 2.05) is 24.8 Å². The van der Waals surface area contributed by atoms with Crippen LogP contribution in [0.2, 0.25) is 0 Å². The maximum atomic E-state index is 12.0. The summed E-state index contributed by atoms with van der Waals surface area (Å²) in [6.07, 6.45) is 5.69. The molecule has 2 aliphatic heterocycles. The first-order chi connectivity index (χ1) is 13.1. The molecule has 0 N–H and O–H groups in total. The Kier molecular flexibility index (Phi) is 6.04. The summed E-state index contributed by atoms with van der Waals surface area (Å²) < 4.78 is 11.3. The average Bonchev–Trinajstić information content (AvgIpc) is 2.84. The van der Waals surface area contributed by atoms with E-state index in [1.165, 1.54) is 27.8 Å². The summed E-state index contributed by atoms with van der Waals surface area (Å²) in [6, 6.07) is 6.60. The van der Waals surface area contributed by atoms with Gasteiger partial charge in [-0.05, 0) is 63.3 Å². The summed E-state index contributed by atoms with van der Waals surface area (Å²) >= 11 is 0. The lowest BCUT2D eigenvalue weighted by molar-refractivity contribution is 0.104. The van der Waals surface area contributed by atoms with Crippen molar-refractivity contribution in [3.63, 3.8) is 0 Å². The molecule has 144 valence electrons. The largest absolute Gasteiger partial charge is 0.489 e. The van der Waals surface area contributed by atoms with Crippen molar-refractivity contribution in [1.29, 1.82) is 0 Å². The number of carbonyl (C=O) groups excluding carboxylic acids is 1. The number of piperidine rings is 1. The van der Waals surface area contributed by atoms with Crippen LogP contribution in [0.3, 0.4) is 0 Å². The van der Waals surface area contributed by atoms with Gasteiger partial charge >= 0.3 is 6.09 Å². The zero-order valence-electron chi connectivity index (χ0n) is 16.8. The summed E-state index contributed by atoms with van der Waals surface area (Å²) in [4.78, 5) is 13.8. The topological polar surface area (TPSA) is 38.8 Å². The van der Waals surface area contributed by atoms with Gasteiger partial charge < -0.3 is 14.4 Å². The molecule has 27 heavy (non-hydrogen) atoms. The number of ether oxygens (including phenoxy) is 2. The number of rotatable bonds is 1. The van der Waals surface area contributed by atoms with Crippen LogP contribution in [0.4, 0.5) is 4.79 Å². The van der Waals surface area contributed by atoms with Crippen LogP contribution in [0, 0.1) is 6.92 Å². The van der Waals surface area contributed by atoms with E-state index in [1.54, 1.807) is 0 Å². The molecule has 0 saturated carbocycles. The quantitative estimate of drug-likeness (QED) is 0.669. The second-order valence-corrected chi connectivity index (χ2v) is 6.97. The average molecular weight is 367 g/mol. The van der Waals surface area contributed by atoms with E-state index in [4.69, 9.17) is 9.47 Å². The Hall–Kier alpha value is -2.49. The first kappa shape index (κ1) is 19.3. The number of aryl methyl sites for hydroxylation is 1. The number of amides is 1. The Morgan fingerprint density at radius 1 is 1.22 bits per heavy atom. The van der Waals surface area contributed by atoms with E-state index < -0.39 is 0 Å². The fourth-order valence-corrected chi connectivity index (χ4v) is 3.92. The lowest BCUT2D eigenvalue weighted by atomic mass is 9.85. The van der Waals surface area contributed by atoms with Crippen LogP contribution in [-0.4, -0.2) is 30.7 Å². The fourth-order valence-electron chi connectivity index (χ4n) is 3.92. The summed E-state index contributed by atoms with van der Waals surface area (Å²) in [6.45, 7) is 10.4. The monoisotopic (exact) mass is 367 g/mol. The van der Waals surface area contributed by atoms with Crippen molar-refractivity contribution in [2.45, 2.75) is 47.1 Å². The zero-order chi connectivity index (χ0) is 19.4. The molecule has 1 amide bonds. The van der Waals surface area contributed by atoms with Gasteiger partial charge in [0.2, 0.25) is 0 Å². The van der Waals surface area contributed by atoms with Crippen molar-refractivity contribution in [1.82, 2.24) is 4.90 Å². The van der Waals surface area contributed by atoms with Crippen molar-refractivity contribution in [2.24, 2.45) is 0 Å². The smallest absolute Gasteiger partial charge is 0.409 e. The Morgan fingerprint density at radius 3 is 2.59 bits per heavy atom. The molecular weight excluding hydrogens is 338 g/mol. The van der Waals surface area contributed by atoms with Gasteiger partial charge in [-0.3, -0.25) is 0 Å². The van der Waals surface area contributed by atoms with Gasteiger partial charge in [-0.2, -0.15) is 0 Å². The molecule has 0 spiro atoms. The fraction of sp³-hybridized carbons (Fsp3) is 0.435. The highest BCUT2D eigenvalue weighted by atomic mass is 16.6. The van der Waals surface area contributed by atoms with E-state index in [0.717, 1.165) is 24.2 Å². The maximum Gasteiger partial charge on any atom is 0.409 e. The molecule has 0 unspecified atom stereocenters. The van der Waals surface area contributed by atoms with Crippen LogP contribution >= 0.6 is 0 Å². The number of carbonyl (C=O) groups is 1. The normalized spacial score (nSPS) is 20.4. The van der Waals surface area contributed by atoms with Gasteiger partial charge in [-0.1, -0.05) is 35.4 Å². The minimum Gasteiger partial charge on any atom is -0.489 e. The maximum absolute atomic E-state index is 12.0.